The lowest BCUT2D eigenvalue weighted by Gasteiger charge is -2.12. The Morgan fingerprint density at radius 3 is 1.97 bits per heavy atom. The van der Waals surface area contributed by atoms with Gasteiger partial charge in [-0.1, -0.05) is 65.0 Å². The molecule has 0 fully saturated rings. The SMILES string of the molecule is CC.CCCCCC.O=S(=O)(Nc1ccc(C(F)(F)F)c(O)c1)c1ccc(F)c(Cl)c1. The quantitative estimate of drug-likeness (QED) is 0.326. The lowest BCUT2D eigenvalue weighted by atomic mass is 10.2. The summed E-state index contributed by atoms with van der Waals surface area (Å²) in [6.07, 6.45) is 0.765. The molecule has 0 amide bonds. The van der Waals surface area contributed by atoms with E-state index in [1.165, 1.54) is 25.7 Å². The number of phenols is 1. The molecule has 0 saturated heterocycles. The van der Waals surface area contributed by atoms with Crippen LogP contribution in [0.15, 0.2) is 41.3 Å². The first-order chi connectivity index (χ1) is 14.4. The first kappa shape index (κ1) is 29.0. The van der Waals surface area contributed by atoms with Gasteiger partial charge in [-0.15, -0.1) is 0 Å². The highest BCUT2D eigenvalue weighted by Gasteiger charge is 2.34. The van der Waals surface area contributed by atoms with Crippen LogP contribution in [0.4, 0.5) is 23.2 Å². The molecule has 0 aromatic heterocycles. The van der Waals surface area contributed by atoms with Crippen molar-refractivity contribution in [2.75, 3.05) is 4.72 Å². The number of alkyl halides is 3. The van der Waals surface area contributed by atoms with Crippen molar-refractivity contribution in [2.24, 2.45) is 0 Å². The van der Waals surface area contributed by atoms with Crippen LogP contribution in [0.25, 0.3) is 0 Å². The van der Waals surface area contributed by atoms with Gasteiger partial charge < -0.3 is 5.11 Å². The number of benzene rings is 2. The van der Waals surface area contributed by atoms with Gasteiger partial charge in [-0.25, -0.2) is 12.8 Å². The van der Waals surface area contributed by atoms with Gasteiger partial charge in [0.05, 0.1) is 21.2 Å². The summed E-state index contributed by atoms with van der Waals surface area (Å²) in [4.78, 5) is -0.386. The second-order valence-corrected chi connectivity index (χ2v) is 8.21. The minimum absolute atomic E-state index is 0.295. The fourth-order valence-electron chi connectivity index (χ4n) is 2.19. The molecule has 31 heavy (non-hydrogen) atoms. The summed E-state index contributed by atoms with van der Waals surface area (Å²) >= 11 is 5.49. The molecule has 0 unspecified atom stereocenters. The summed E-state index contributed by atoms with van der Waals surface area (Å²) in [7, 11) is -4.21. The molecule has 0 bridgehead atoms. The first-order valence-electron chi connectivity index (χ1n) is 9.80. The van der Waals surface area contributed by atoms with E-state index in [1.54, 1.807) is 0 Å². The predicted molar refractivity (Wildman–Crippen MR) is 116 cm³/mol. The standard InChI is InChI=1S/C13H8ClF4NO3S.C6H14.C2H6/c14-10-6-8(2-4-11(10)15)23(21,22)19-7-1-3-9(12(20)5-7)13(16,17)18;1-3-5-6-4-2;1-2/h1-6,19-20H;3-6H2,1-2H3;1-2H3. The molecule has 0 spiro atoms. The van der Waals surface area contributed by atoms with E-state index in [2.05, 4.69) is 13.8 Å². The monoisotopic (exact) mass is 485 g/mol. The van der Waals surface area contributed by atoms with Crippen molar-refractivity contribution in [3.63, 3.8) is 0 Å². The van der Waals surface area contributed by atoms with Gasteiger partial charge in [0.15, 0.2) is 0 Å². The second kappa shape index (κ2) is 13.4. The highest BCUT2D eigenvalue weighted by Crippen LogP contribution is 2.37. The zero-order chi connectivity index (χ0) is 24.2. The van der Waals surface area contributed by atoms with Crippen LogP contribution in [0.5, 0.6) is 5.75 Å². The Hall–Kier alpha value is -2.00. The Morgan fingerprint density at radius 1 is 1.00 bits per heavy atom. The molecule has 0 heterocycles. The predicted octanol–water partition coefficient (Wildman–Crippen LogP) is 7.62. The van der Waals surface area contributed by atoms with Crippen molar-refractivity contribution >= 4 is 27.3 Å². The molecule has 0 atom stereocenters. The van der Waals surface area contributed by atoms with Crippen molar-refractivity contribution in [1.29, 1.82) is 0 Å². The Labute approximate surface area is 186 Å². The average Bonchev–Trinajstić information content (AvgIpc) is 2.69. The van der Waals surface area contributed by atoms with Crippen molar-refractivity contribution in [1.82, 2.24) is 0 Å². The Balaban J connectivity index is 0.000000970. The number of hydrogen-bond donors (Lipinski definition) is 2. The van der Waals surface area contributed by atoms with Crippen LogP contribution in [0.2, 0.25) is 5.02 Å². The van der Waals surface area contributed by atoms with E-state index in [0.717, 1.165) is 24.3 Å². The van der Waals surface area contributed by atoms with E-state index < -0.39 is 38.4 Å². The van der Waals surface area contributed by atoms with Gasteiger partial charge in [0.1, 0.15) is 11.6 Å². The number of aromatic hydroxyl groups is 1. The number of unbranched alkanes of at least 4 members (excludes halogenated alkanes) is 3. The van der Waals surface area contributed by atoms with Gasteiger partial charge in [0, 0.05) is 6.07 Å². The summed E-state index contributed by atoms with van der Waals surface area (Å²) < 4.78 is 76.7. The van der Waals surface area contributed by atoms with Gasteiger partial charge in [0.25, 0.3) is 10.0 Å². The smallest absolute Gasteiger partial charge is 0.419 e. The Kier molecular flexibility index (Phi) is 12.6. The van der Waals surface area contributed by atoms with Crippen LogP contribution < -0.4 is 4.72 Å². The van der Waals surface area contributed by atoms with Crippen LogP contribution in [-0.2, 0) is 16.2 Å². The molecule has 0 aliphatic carbocycles. The summed E-state index contributed by atoms with van der Waals surface area (Å²) in [5.74, 6) is -1.95. The van der Waals surface area contributed by atoms with E-state index in [-0.39, 0.29) is 10.6 Å². The summed E-state index contributed by atoms with van der Waals surface area (Å²) in [6, 6.07) is 4.61. The Bertz CT molecular complexity index is 915. The van der Waals surface area contributed by atoms with E-state index in [9.17, 15) is 31.1 Å². The van der Waals surface area contributed by atoms with Crippen LogP contribution >= 0.6 is 11.6 Å². The molecule has 10 heteroatoms. The summed E-state index contributed by atoms with van der Waals surface area (Å²) in [5, 5.41) is 8.92. The molecule has 2 rings (SSSR count). The van der Waals surface area contributed by atoms with E-state index in [4.69, 9.17) is 11.6 Å². The van der Waals surface area contributed by atoms with Gasteiger partial charge in [-0.3, -0.25) is 4.72 Å². The second-order valence-electron chi connectivity index (χ2n) is 6.12. The molecule has 0 saturated carbocycles. The zero-order valence-electron chi connectivity index (χ0n) is 17.9. The minimum atomic E-state index is -4.77. The summed E-state index contributed by atoms with van der Waals surface area (Å²) in [5.41, 5.74) is -1.60. The number of phenolic OH excluding ortho intramolecular Hbond substituents is 1. The van der Waals surface area contributed by atoms with Gasteiger partial charge in [0.2, 0.25) is 0 Å². The number of nitrogens with one attached hydrogen (secondary N) is 1. The molecule has 0 radical (unpaired) electrons. The number of sulfonamides is 1. The fourth-order valence-corrected chi connectivity index (χ4v) is 3.51. The highest BCUT2D eigenvalue weighted by atomic mass is 35.5. The first-order valence-corrected chi connectivity index (χ1v) is 11.7. The lowest BCUT2D eigenvalue weighted by molar-refractivity contribution is -0.138. The summed E-state index contributed by atoms with van der Waals surface area (Å²) in [6.45, 7) is 8.46. The van der Waals surface area contributed by atoms with Gasteiger partial charge in [-0.2, -0.15) is 13.2 Å². The molecular weight excluding hydrogens is 458 g/mol. The maximum atomic E-state index is 13.0. The van der Waals surface area contributed by atoms with Crippen molar-refractivity contribution in [3.05, 3.63) is 52.8 Å². The number of rotatable bonds is 6. The molecule has 2 aromatic rings. The highest BCUT2D eigenvalue weighted by molar-refractivity contribution is 7.92. The molecular formula is C21H28ClF4NO3S. The number of halogens is 5. The number of anilines is 1. The lowest BCUT2D eigenvalue weighted by Crippen LogP contribution is -2.13. The fraction of sp³-hybridized carbons (Fsp3) is 0.429. The average molecular weight is 486 g/mol. The largest absolute Gasteiger partial charge is 0.507 e. The van der Waals surface area contributed by atoms with Crippen molar-refractivity contribution < 1.29 is 31.1 Å². The van der Waals surface area contributed by atoms with Crippen molar-refractivity contribution in [3.8, 4) is 5.75 Å². The normalized spacial score (nSPS) is 11.0. The Morgan fingerprint density at radius 2 is 1.55 bits per heavy atom. The van der Waals surface area contributed by atoms with E-state index >= 15 is 0 Å². The third-order valence-corrected chi connectivity index (χ3v) is 5.38. The molecule has 4 nitrogen and oxygen atoms in total. The third-order valence-electron chi connectivity index (χ3n) is 3.71. The van der Waals surface area contributed by atoms with Crippen LogP contribution in [0.3, 0.4) is 0 Å². The maximum Gasteiger partial charge on any atom is 0.419 e. The molecule has 176 valence electrons. The molecule has 2 N–H and O–H groups in total. The van der Waals surface area contributed by atoms with E-state index in [1.807, 2.05) is 18.6 Å². The van der Waals surface area contributed by atoms with Crippen molar-refractivity contribution in [2.45, 2.75) is 64.5 Å². The molecule has 0 aliphatic rings. The maximum absolute atomic E-state index is 13.0. The van der Waals surface area contributed by atoms with Crippen LogP contribution in [-0.4, -0.2) is 13.5 Å². The van der Waals surface area contributed by atoms with Gasteiger partial charge >= 0.3 is 6.18 Å². The molecule has 2 aromatic carbocycles. The van der Waals surface area contributed by atoms with E-state index in [0.29, 0.717) is 12.1 Å². The van der Waals surface area contributed by atoms with Gasteiger partial charge in [-0.05, 0) is 30.3 Å². The topological polar surface area (TPSA) is 66.4 Å². The third kappa shape index (κ3) is 9.78. The minimum Gasteiger partial charge on any atom is -0.507 e. The van der Waals surface area contributed by atoms with Crippen LogP contribution in [0, 0.1) is 5.82 Å². The molecule has 0 aliphatic heterocycles. The van der Waals surface area contributed by atoms with Crippen LogP contribution in [0.1, 0.15) is 58.9 Å². The number of hydrogen-bond acceptors (Lipinski definition) is 3. The zero-order valence-corrected chi connectivity index (χ0v) is 19.4.